The van der Waals surface area contributed by atoms with E-state index in [1.165, 1.54) is 21.8 Å². The summed E-state index contributed by atoms with van der Waals surface area (Å²) in [4.78, 5) is 33.7. The average molecular weight is 589 g/mol. The van der Waals surface area contributed by atoms with Gasteiger partial charge in [-0.25, -0.2) is 9.07 Å². The van der Waals surface area contributed by atoms with Crippen molar-refractivity contribution in [2.75, 3.05) is 18.0 Å². The fourth-order valence-corrected chi connectivity index (χ4v) is 5.73. The van der Waals surface area contributed by atoms with Gasteiger partial charge in [0.1, 0.15) is 11.9 Å². The third-order valence-corrected chi connectivity index (χ3v) is 7.92. The number of amides is 2. The number of pyridine rings is 1. The molecule has 0 N–H and O–H groups in total. The summed E-state index contributed by atoms with van der Waals surface area (Å²) in [5.74, 6) is -0.993. The summed E-state index contributed by atoms with van der Waals surface area (Å²) in [7, 11) is 0. The molecule has 12 heteroatoms. The second-order valence-corrected chi connectivity index (χ2v) is 10.6. The number of aromatic nitrogens is 3. The Morgan fingerprint density at radius 1 is 1.09 bits per heavy atom. The smallest absolute Gasteiger partial charge is 0.337 e. The largest absolute Gasteiger partial charge is 0.416 e. The van der Waals surface area contributed by atoms with Gasteiger partial charge in [-0.1, -0.05) is 12.1 Å². The van der Waals surface area contributed by atoms with Crippen LogP contribution in [-0.4, -0.2) is 50.6 Å². The van der Waals surface area contributed by atoms with Crippen LogP contribution in [0.4, 0.5) is 23.2 Å². The lowest BCUT2D eigenvalue weighted by Gasteiger charge is -2.37. The van der Waals surface area contributed by atoms with Gasteiger partial charge >= 0.3 is 6.18 Å². The van der Waals surface area contributed by atoms with Gasteiger partial charge in [0, 0.05) is 37.1 Å². The zero-order valence-corrected chi connectivity index (χ0v) is 22.9. The van der Waals surface area contributed by atoms with Crippen LogP contribution < -0.4 is 4.90 Å². The van der Waals surface area contributed by atoms with Gasteiger partial charge < -0.3 is 9.80 Å². The van der Waals surface area contributed by atoms with Crippen LogP contribution in [0.3, 0.4) is 0 Å². The Bertz CT molecular complexity index is 1790. The van der Waals surface area contributed by atoms with Crippen molar-refractivity contribution in [3.8, 4) is 23.0 Å². The molecule has 218 valence electrons. The fourth-order valence-electron chi connectivity index (χ4n) is 5.73. The highest BCUT2D eigenvalue weighted by molar-refractivity contribution is 6.02. The van der Waals surface area contributed by atoms with E-state index in [2.05, 4.69) is 10.1 Å². The number of aryl methyl sites for hydroxylation is 1. The first-order valence-corrected chi connectivity index (χ1v) is 13.6. The summed E-state index contributed by atoms with van der Waals surface area (Å²) >= 11 is 0. The molecule has 2 aromatic heterocycles. The van der Waals surface area contributed by atoms with Crippen molar-refractivity contribution < 1.29 is 27.2 Å². The minimum Gasteiger partial charge on any atom is -0.337 e. The van der Waals surface area contributed by atoms with Gasteiger partial charge in [0.05, 0.1) is 34.6 Å². The highest BCUT2D eigenvalue weighted by atomic mass is 19.4. The van der Waals surface area contributed by atoms with Crippen LogP contribution in [0.5, 0.6) is 0 Å². The number of alkyl halides is 3. The lowest BCUT2D eigenvalue weighted by atomic mass is 10.0. The minimum atomic E-state index is -4.64. The minimum absolute atomic E-state index is 0.0327. The van der Waals surface area contributed by atoms with Crippen molar-refractivity contribution in [3.05, 3.63) is 94.7 Å². The molecule has 0 atom stereocenters. The normalized spacial score (nSPS) is 15.5. The first-order chi connectivity index (χ1) is 20.6. The van der Waals surface area contributed by atoms with Gasteiger partial charge in [0.25, 0.3) is 5.91 Å². The molecule has 8 nitrogen and oxygen atoms in total. The number of hydrogen-bond acceptors (Lipinski definition) is 5. The first kappa shape index (κ1) is 28.1. The van der Waals surface area contributed by atoms with Gasteiger partial charge in [0.15, 0.2) is 5.69 Å². The highest BCUT2D eigenvalue weighted by Crippen LogP contribution is 2.37. The predicted octanol–water partition coefficient (Wildman–Crippen LogP) is 5.47. The van der Waals surface area contributed by atoms with Crippen LogP contribution in [0.2, 0.25) is 0 Å². The van der Waals surface area contributed by atoms with E-state index >= 15 is 4.39 Å². The number of nitriles is 1. The second-order valence-electron chi connectivity index (χ2n) is 10.6. The maximum Gasteiger partial charge on any atom is 0.416 e. The molecule has 0 radical (unpaired) electrons. The van der Waals surface area contributed by atoms with E-state index < -0.39 is 23.5 Å². The van der Waals surface area contributed by atoms with E-state index in [9.17, 15) is 28.0 Å². The van der Waals surface area contributed by atoms with Crippen molar-refractivity contribution >= 4 is 17.5 Å². The van der Waals surface area contributed by atoms with E-state index in [1.54, 1.807) is 48.4 Å². The molecule has 43 heavy (non-hydrogen) atoms. The molecule has 0 bridgehead atoms. The number of rotatable bonds is 4. The van der Waals surface area contributed by atoms with Gasteiger partial charge in [-0.2, -0.15) is 23.5 Å². The molecule has 2 aliphatic heterocycles. The van der Waals surface area contributed by atoms with Gasteiger partial charge in [0.2, 0.25) is 5.91 Å². The molecule has 4 heterocycles. The summed E-state index contributed by atoms with van der Waals surface area (Å²) in [5, 5.41) is 14.1. The molecule has 6 rings (SSSR count). The van der Waals surface area contributed by atoms with E-state index in [-0.39, 0.29) is 48.4 Å². The number of carbonyl (C=O) groups excluding carboxylic acids is 2. The molecular formula is C31H24F4N6O2. The molecule has 2 aromatic carbocycles. The van der Waals surface area contributed by atoms with Crippen LogP contribution >= 0.6 is 0 Å². The lowest BCUT2D eigenvalue weighted by Crippen LogP contribution is -2.48. The van der Waals surface area contributed by atoms with Crippen LogP contribution in [-0.2, 0) is 17.4 Å². The Kier molecular flexibility index (Phi) is 6.96. The zero-order chi connectivity index (χ0) is 30.5. The van der Waals surface area contributed by atoms with Crippen molar-refractivity contribution in [2.45, 2.75) is 38.4 Å². The van der Waals surface area contributed by atoms with Crippen molar-refractivity contribution in [1.82, 2.24) is 19.7 Å². The number of anilines is 1. The van der Waals surface area contributed by atoms with Crippen molar-refractivity contribution in [3.63, 3.8) is 0 Å². The third kappa shape index (κ3) is 5.01. The SMILES string of the molecule is Cc1ccc2c(c1F)N(C1CCN(C(=O)c3cc(-c4cccnc4)n(-c4ccc(C(F)(F)F)cc4C#N)n3)CC1)C(=O)C2. The van der Waals surface area contributed by atoms with Gasteiger partial charge in [-0.05, 0) is 67.3 Å². The maximum atomic E-state index is 15.0. The molecule has 0 saturated carbocycles. The van der Waals surface area contributed by atoms with E-state index in [0.29, 0.717) is 40.9 Å². The van der Waals surface area contributed by atoms with Crippen LogP contribution in [0.15, 0.2) is 60.9 Å². The second kappa shape index (κ2) is 10.7. The first-order valence-electron chi connectivity index (χ1n) is 13.6. The maximum absolute atomic E-state index is 15.0. The Hall–Kier alpha value is -5.05. The van der Waals surface area contributed by atoms with E-state index in [0.717, 1.165) is 18.2 Å². The van der Waals surface area contributed by atoms with Crippen LogP contribution in [0, 0.1) is 24.1 Å². The highest BCUT2D eigenvalue weighted by Gasteiger charge is 2.38. The third-order valence-electron chi connectivity index (χ3n) is 7.92. The number of halogens is 4. The molecule has 2 amide bonds. The van der Waals surface area contributed by atoms with E-state index in [4.69, 9.17) is 0 Å². The summed E-state index contributed by atoms with van der Waals surface area (Å²) in [5.41, 5.74) is 1.21. The van der Waals surface area contributed by atoms with Crippen LogP contribution in [0.25, 0.3) is 16.9 Å². The number of piperidine rings is 1. The molecule has 0 spiro atoms. The lowest BCUT2D eigenvalue weighted by molar-refractivity contribution is -0.137. The topological polar surface area (TPSA) is 95.1 Å². The number of benzene rings is 2. The molecule has 4 aromatic rings. The fraction of sp³-hybridized carbons (Fsp3) is 0.258. The van der Waals surface area contributed by atoms with Gasteiger partial charge in [-0.15, -0.1) is 0 Å². The van der Waals surface area contributed by atoms with Gasteiger partial charge in [-0.3, -0.25) is 14.6 Å². The monoisotopic (exact) mass is 588 g/mol. The predicted molar refractivity (Wildman–Crippen MR) is 148 cm³/mol. The molecule has 1 fully saturated rings. The Morgan fingerprint density at radius 2 is 1.86 bits per heavy atom. The van der Waals surface area contributed by atoms with Crippen molar-refractivity contribution in [1.29, 1.82) is 5.26 Å². The Morgan fingerprint density at radius 3 is 2.53 bits per heavy atom. The molecular weight excluding hydrogens is 564 g/mol. The summed E-state index contributed by atoms with van der Waals surface area (Å²) in [6.45, 7) is 2.23. The standard InChI is InChI=1S/C31H24F4N6O2/c1-18-4-5-19-14-27(42)40(29(19)28(18)32)23-8-11-39(12-9-23)30(43)24-15-26(20-3-2-10-37-17-20)41(38-24)25-7-6-22(31(33,34)35)13-21(25)16-36/h2-7,10,13,15,17,23H,8-9,11-12,14H2,1H3. The van der Waals surface area contributed by atoms with Crippen molar-refractivity contribution in [2.24, 2.45) is 0 Å². The molecule has 0 aliphatic carbocycles. The summed E-state index contributed by atoms with van der Waals surface area (Å²) in [6.07, 6.45) is -0.574. The molecule has 1 saturated heterocycles. The number of nitrogens with zero attached hydrogens (tertiary/aromatic N) is 6. The number of fused-ring (bicyclic) bond motifs is 1. The zero-order valence-electron chi connectivity index (χ0n) is 22.9. The number of hydrogen-bond donors (Lipinski definition) is 0. The number of likely N-dealkylation sites (tertiary alicyclic amines) is 1. The Balaban J connectivity index is 1.29. The molecule has 0 unspecified atom stereocenters. The summed E-state index contributed by atoms with van der Waals surface area (Å²) in [6, 6.07) is 12.6. The number of carbonyl (C=O) groups is 2. The average Bonchev–Trinajstić information content (AvgIpc) is 3.60. The molecule has 2 aliphatic rings. The summed E-state index contributed by atoms with van der Waals surface area (Å²) < 4.78 is 56.3. The quantitative estimate of drug-likeness (QED) is 0.295. The van der Waals surface area contributed by atoms with Crippen LogP contribution in [0.1, 0.15) is 45.6 Å². The van der Waals surface area contributed by atoms with E-state index in [1.807, 2.05) is 0 Å². The Labute approximate surface area is 243 Å².